The summed E-state index contributed by atoms with van der Waals surface area (Å²) in [5.74, 6) is 1.33. The second kappa shape index (κ2) is 8.38. The molecule has 0 spiro atoms. The Labute approximate surface area is 165 Å². The molecule has 28 heavy (non-hydrogen) atoms. The monoisotopic (exact) mass is 375 g/mol. The average molecular weight is 375 g/mol. The van der Waals surface area contributed by atoms with Gasteiger partial charge in [0.05, 0.1) is 0 Å². The maximum absolute atomic E-state index is 12.8. The van der Waals surface area contributed by atoms with Crippen LogP contribution in [0, 0.1) is 6.92 Å². The summed E-state index contributed by atoms with van der Waals surface area (Å²) in [6, 6.07) is 18.5. The van der Waals surface area contributed by atoms with Crippen LogP contribution in [0.4, 0.5) is 0 Å². The third kappa shape index (κ3) is 4.66. The first kappa shape index (κ1) is 18.4. The standard InChI is InChI=1S/C23H25N3O2/c1-17-7-5-8-18(15-17)16-26(20-13-14-20)22(27)12-6-11-21-24-25-23(28-21)19-9-3-2-4-10-19/h2-5,7-10,15,20H,6,11-14,16H2,1H3. The molecule has 1 amide bonds. The Morgan fingerprint density at radius 1 is 1.11 bits per heavy atom. The lowest BCUT2D eigenvalue weighted by Gasteiger charge is -2.22. The third-order valence-corrected chi connectivity index (χ3v) is 5.01. The zero-order valence-electron chi connectivity index (χ0n) is 16.2. The number of hydrogen-bond donors (Lipinski definition) is 0. The minimum atomic E-state index is 0.215. The van der Waals surface area contributed by atoms with Gasteiger partial charge in [-0.15, -0.1) is 10.2 Å². The van der Waals surface area contributed by atoms with Crippen molar-refractivity contribution in [2.75, 3.05) is 0 Å². The van der Waals surface area contributed by atoms with Crippen LogP contribution in [-0.4, -0.2) is 27.0 Å². The summed E-state index contributed by atoms with van der Waals surface area (Å²) in [6.45, 7) is 2.78. The number of aryl methyl sites for hydroxylation is 2. The molecule has 1 fully saturated rings. The van der Waals surface area contributed by atoms with Crippen LogP contribution < -0.4 is 0 Å². The highest BCUT2D eigenvalue weighted by Gasteiger charge is 2.32. The molecule has 1 aromatic heterocycles. The Kier molecular flexibility index (Phi) is 5.51. The van der Waals surface area contributed by atoms with Crippen LogP contribution in [0.1, 0.15) is 42.7 Å². The number of aromatic nitrogens is 2. The lowest BCUT2D eigenvalue weighted by atomic mass is 10.1. The highest BCUT2D eigenvalue weighted by atomic mass is 16.4. The molecule has 4 rings (SSSR count). The van der Waals surface area contributed by atoms with Crippen LogP contribution in [0.3, 0.4) is 0 Å². The van der Waals surface area contributed by atoms with Crippen molar-refractivity contribution >= 4 is 5.91 Å². The van der Waals surface area contributed by atoms with Gasteiger partial charge in [0.15, 0.2) is 0 Å². The van der Waals surface area contributed by atoms with Gasteiger partial charge in [0.2, 0.25) is 17.7 Å². The maximum atomic E-state index is 12.8. The Bertz CT molecular complexity index is 932. The van der Waals surface area contributed by atoms with Gasteiger partial charge in [-0.2, -0.15) is 0 Å². The first-order chi connectivity index (χ1) is 13.7. The van der Waals surface area contributed by atoms with E-state index in [0.29, 0.717) is 43.6 Å². The number of hydrogen-bond acceptors (Lipinski definition) is 4. The predicted molar refractivity (Wildman–Crippen MR) is 107 cm³/mol. The number of rotatable bonds is 8. The molecule has 5 heteroatoms. The minimum Gasteiger partial charge on any atom is -0.421 e. The number of amides is 1. The fourth-order valence-electron chi connectivity index (χ4n) is 3.40. The Morgan fingerprint density at radius 2 is 1.93 bits per heavy atom. The van der Waals surface area contributed by atoms with Gasteiger partial charge in [0.25, 0.3) is 0 Å². The van der Waals surface area contributed by atoms with E-state index in [1.807, 2.05) is 35.2 Å². The Balaban J connectivity index is 1.31. The Hall–Kier alpha value is -2.95. The fourth-order valence-corrected chi connectivity index (χ4v) is 3.40. The summed E-state index contributed by atoms with van der Waals surface area (Å²) in [5.41, 5.74) is 3.34. The molecule has 0 atom stereocenters. The van der Waals surface area contributed by atoms with Gasteiger partial charge in [0.1, 0.15) is 0 Å². The van der Waals surface area contributed by atoms with E-state index in [9.17, 15) is 4.79 Å². The van der Waals surface area contributed by atoms with Crippen molar-refractivity contribution in [2.24, 2.45) is 0 Å². The van der Waals surface area contributed by atoms with Crippen LogP contribution in [0.2, 0.25) is 0 Å². The molecule has 0 bridgehead atoms. The van der Waals surface area contributed by atoms with Crippen LogP contribution in [0.25, 0.3) is 11.5 Å². The molecule has 2 aromatic carbocycles. The molecule has 5 nitrogen and oxygen atoms in total. The number of carbonyl (C=O) groups excluding carboxylic acids is 1. The molecular formula is C23H25N3O2. The van der Waals surface area contributed by atoms with Gasteiger partial charge < -0.3 is 9.32 Å². The summed E-state index contributed by atoms with van der Waals surface area (Å²) in [5, 5.41) is 8.23. The molecule has 1 aliphatic carbocycles. The molecule has 1 saturated carbocycles. The highest BCUT2D eigenvalue weighted by Crippen LogP contribution is 2.29. The van der Waals surface area contributed by atoms with Crippen molar-refractivity contribution < 1.29 is 9.21 Å². The second-order valence-corrected chi connectivity index (χ2v) is 7.46. The van der Waals surface area contributed by atoms with E-state index in [2.05, 4.69) is 41.4 Å². The summed E-state index contributed by atoms with van der Waals surface area (Å²) in [6.07, 6.45) is 4.06. The van der Waals surface area contributed by atoms with E-state index >= 15 is 0 Å². The van der Waals surface area contributed by atoms with E-state index in [1.54, 1.807) is 0 Å². The molecule has 3 aromatic rings. The molecule has 0 aliphatic heterocycles. The van der Waals surface area contributed by atoms with E-state index in [-0.39, 0.29) is 5.91 Å². The van der Waals surface area contributed by atoms with E-state index < -0.39 is 0 Å². The first-order valence-electron chi connectivity index (χ1n) is 9.92. The van der Waals surface area contributed by atoms with Gasteiger partial charge >= 0.3 is 0 Å². The predicted octanol–water partition coefficient (Wildman–Crippen LogP) is 4.56. The Morgan fingerprint density at radius 3 is 2.68 bits per heavy atom. The first-order valence-corrected chi connectivity index (χ1v) is 9.92. The van der Waals surface area contributed by atoms with Crippen molar-refractivity contribution in [3.63, 3.8) is 0 Å². The van der Waals surface area contributed by atoms with Crippen molar-refractivity contribution in [2.45, 2.75) is 51.6 Å². The molecule has 1 aliphatic rings. The van der Waals surface area contributed by atoms with Crippen molar-refractivity contribution in [1.29, 1.82) is 0 Å². The van der Waals surface area contributed by atoms with Crippen molar-refractivity contribution in [1.82, 2.24) is 15.1 Å². The van der Waals surface area contributed by atoms with Gasteiger partial charge in [0, 0.05) is 31.0 Å². The van der Waals surface area contributed by atoms with E-state index in [0.717, 1.165) is 18.4 Å². The molecule has 0 radical (unpaired) electrons. The fraction of sp³-hybridized carbons (Fsp3) is 0.348. The topological polar surface area (TPSA) is 59.2 Å². The molecular weight excluding hydrogens is 350 g/mol. The summed E-state index contributed by atoms with van der Waals surface area (Å²) < 4.78 is 5.73. The largest absolute Gasteiger partial charge is 0.421 e. The normalized spacial score (nSPS) is 13.5. The molecule has 144 valence electrons. The summed E-state index contributed by atoms with van der Waals surface area (Å²) >= 11 is 0. The van der Waals surface area contributed by atoms with Crippen LogP contribution in [0.15, 0.2) is 59.0 Å². The average Bonchev–Trinajstić information content (AvgIpc) is 3.44. The van der Waals surface area contributed by atoms with E-state index in [4.69, 9.17) is 4.42 Å². The maximum Gasteiger partial charge on any atom is 0.247 e. The second-order valence-electron chi connectivity index (χ2n) is 7.46. The van der Waals surface area contributed by atoms with Crippen LogP contribution in [0.5, 0.6) is 0 Å². The number of benzene rings is 2. The molecule has 0 N–H and O–H groups in total. The molecule has 1 heterocycles. The lowest BCUT2D eigenvalue weighted by Crippen LogP contribution is -2.32. The minimum absolute atomic E-state index is 0.215. The zero-order valence-corrected chi connectivity index (χ0v) is 16.2. The molecule has 0 unspecified atom stereocenters. The summed E-state index contributed by atoms with van der Waals surface area (Å²) in [7, 11) is 0. The van der Waals surface area contributed by atoms with Gasteiger partial charge in [-0.25, -0.2) is 0 Å². The number of carbonyl (C=O) groups is 1. The van der Waals surface area contributed by atoms with Crippen LogP contribution in [-0.2, 0) is 17.8 Å². The third-order valence-electron chi connectivity index (χ3n) is 5.01. The quantitative estimate of drug-likeness (QED) is 0.579. The lowest BCUT2D eigenvalue weighted by molar-refractivity contribution is -0.132. The highest BCUT2D eigenvalue weighted by molar-refractivity contribution is 5.76. The smallest absolute Gasteiger partial charge is 0.247 e. The van der Waals surface area contributed by atoms with Gasteiger partial charge in [-0.05, 0) is 43.9 Å². The number of nitrogens with zero attached hydrogens (tertiary/aromatic N) is 3. The molecule has 0 saturated heterocycles. The van der Waals surface area contributed by atoms with Gasteiger partial charge in [-0.1, -0.05) is 48.0 Å². The zero-order chi connectivity index (χ0) is 19.3. The summed E-state index contributed by atoms with van der Waals surface area (Å²) in [4.78, 5) is 14.8. The van der Waals surface area contributed by atoms with E-state index in [1.165, 1.54) is 11.1 Å². The van der Waals surface area contributed by atoms with Crippen molar-refractivity contribution in [3.8, 4) is 11.5 Å². The van der Waals surface area contributed by atoms with Crippen LogP contribution >= 0.6 is 0 Å². The van der Waals surface area contributed by atoms with Crippen molar-refractivity contribution in [3.05, 3.63) is 71.6 Å². The van der Waals surface area contributed by atoms with Gasteiger partial charge in [-0.3, -0.25) is 4.79 Å². The SMILES string of the molecule is Cc1cccc(CN(C(=O)CCCc2nnc(-c3ccccc3)o2)C2CC2)c1.